The minimum absolute atomic E-state index is 0.00293. The summed E-state index contributed by atoms with van der Waals surface area (Å²) in [5.41, 5.74) is 2.55. The number of nitrogens with one attached hydrogen (secondary N) is 1. The molecule has 0 bridgehead atoms. The predicted octanol–water partition coefficient (Wildman–Crippen LogP) is 3.25. The Morgan fingerprint density at radius 2 is 1.89 bits per heavy atom. The van der Waals surface area contributed by atoms with E-state index >= 15 is 0 Å². The summed E-state index contributed by atoms with van der Waals surface area (Å²) in [6, 6.07) is 17.9. The smallest absolute Gasteiger partial charge is 0.240 e. The van der Waals surface area contributed by atoms with E-state index < -0.39 is 5.41 Å². The quantitative estimate of drug-likeness (QED) is 0.805. The molecule has 1 heterocycles. The van der Waals surface area contributed by atoms with Crippen molar-refractivity contribution in [2.24, 2.45) is 5.41 Å². The van der Waals surface area contributed by atoms with E-state index in [9.17, 15) is 9.59 Å². The molecule has 1 N–H and O–H groups in total. The van der Waals surface area contributed by atoms with Crippen LogP contribution in [-0.4, -0.2) is 31.0 Å². The highest BCUT2D eigenvalue weighted by Gasteiger charge is 2.65. The molecule has 2 amide bonds. The van der Waals surface area contributed by atoms with Gasteiger partial charge in [0.15, 0.2) is 0 Å². The number of benzene rings is 2. The Balaban J connectivity index is 1.52. The fraction of sp³-hybridized carbons (Fsp3) is 0.391. The third-order valence-electron chi connectivity index (χ3n) is 5.57. The Morgan fingerprint density at radius 3 is 2.64 bits per heavy atom. The van der Waals surface area contributed by atoms with Crippen LogP contribution in [0.1, 0.15) is 37.3 Å². The third kappa shape index (κ3) is 3.42. The van der Waals surface area contributed by atoms with E-state index in [4.69, 9.17) is 4.74 Å². The van der Waals surface area contributed by atoms with E-state index in [2.05, 4.69) is 11.4 Å². The lowest BCUT2D eigenvalue weighted by atomic mass is 9.92. The zero-order valence-electron chi connectivity index (χ0n) is 16.4. The lowest BCUT2D eigenvalue weighted by molar-refractivity contribution is -0.129. The van der Waals surface area contributed by atoms with Gasteiger partial charge < -0.3 is 15.0 Å². The minimum Gasteiger partial charge on any atom is -0.376 e. The van der Waals surface area contributed by atoms with Crippen LogP contribution in [0.25, 0.3) is 0 Å². The molecule has 4 rings (SSSR count). The third-order valence-corrected chi connectivity index (χ3v) is 5.57. The topological polar surface area (TPSA) is 58.6 Å². The number of ether oxygens (including phenoxy) is 1. The number of para-hydroxylation sites is 1. The average Bonchev–Trinajstić information content (AvgIpc) is 3.42. The Morgan fingerprint density at radius 1 is 1.18 bits per heavy atom. The number of hydrogen-bond donors (Lipinski definition) is 1. The summed E-state index contributed by atoms with van der Waals surface area (Å²) in [6.07, 6.45) is 0.778. The maximum absolute atomic E-state index is 13.4. The maximum Gasteiger partial charge on any atom is 0.240 e. The van der Waals surface area contributed by atoms with Crippen LogP contribution in [0.5, 0.6) is 0 Å². The molecule has 0 unspecified atom stereocenters. The molecule has 2 aliphatic rings. The van der Waals surface area contributed by atoms with Crippen molar-refractivity contribution in [1.29, 1.82) is 0 Å². The summed E-state index contributed by atoms with van der Waals surface area (Å²) in [6.45, 7) is 4.74. The lowest BCUT2D eigenvalue weighted by Gasteiger charge is -2.33. The van der Waals surface area contributed by atoms with Gasteiger partial charge in [-0.15, -0.1) is 0 Å². The van der Waals surface area contributed by atoms with E-state index in [1.54, 1.807) is 4.90 Å². The van der Waals surface area contributed by atoms with Crippen molar-refractivity contribution >= 4 is 17.5 Å². The van der Waals surface area contributed by atoms with E-state index in [1.165, 1.54) is 0 Å². The number of amides is 2. The second-order valence-corrected chi connectivity index (χ2v) is 8.06. The maximum atomic E-state index is 13.4. The summed E-state index contributed by atoms with van der Waals surface area (Å²) < 4.78 is 5.96. The minimum atomic E-state index is -0.540. The molecule has 0 saturated heterocycles. The number of anilines is 1. The predicted molar refractivity (Wildman–Crippen MR) is 108 cm³/mol. The fourth-order valence-corrected chi connectivity index (χ4v) is 4.17. The molecule has 0 radical (unpaired) electrons. The summed E-state index contributed by atoms with van der Waals surface area (Å²) in [5, 5.41) is 2.88. The lowest BCUT2D eigenvalue weighted by Crippen LogP contribution is -2.48. The van der Waals surface area contributed by atoms with E-state index in [-0.39, 0.29) is 30.3 Å². The summed E-state index contributed by atoms with van der Waals surface area (Å²) in [7, 11) is 0. The van der Waals surface area contributed by atoms with Gasteiger partial charge in [-0.2, -0.15) is 0 Å². The van der Waals surface area contributed by atoms with E-state index in [1.807, 2.05) is 62.4 Å². The first-order chi connectivity index (χ1) is 13.5. The van der Waals surface area contributed by atoms with Crippen LogP contribution in [0, 0.1) is 5.41 Å². The number of rotatable bonds is 7. The molecule has 0 spiro atoms. The highest BCUT2D eigenvalue weighted by Crippen LogP contribution is 2.65. The van der Waals surface area contributed by atoms with Crippen LogP contribution in [0.3, 0.4) is 0 Å². The Hall–Kier alpha value is -2.66. The molecule has 2 atom stereocenters. The van der Waals surface area contributed by atoms with Gasteiger partial charge >= 0.3 is 0 Å². The molecular weight excluding hydrogens is 352 g/mol. The van der Waals surface area contributed by atoms with Gasteiger partial charge in [0.1, 0.15) is 6.54 Å². The largest absolute Gasteiger partial charge is 0.376 e. The highest BCUT2D eigenvalue weighted by molar-refractivity contribution is 6.07. The molecule has 146 valence electrons. The van der Waals surface area contributed by atoms with Gasteiger partial charge in [0.25, 0.3) is 0 Å². The SMILES string of the molecule is CC(C)NC(=O)CN1C(=O)[C@@]2(COCc3ccccc3)C[C@H]2c2ccccc21. The normalized spacial score (nSPS) is 22.6. The molecule has 2 aromatic carbocycles. The highest BCUT2D eigenvalue weighted by atomic mass is 16.5. The summed E-state index contributed by atoms with van der Waals surface area (Å²) >= 11 is 0. The van der Waals surface area contributed by atoms with Crippen molar-refractivity contribution in [3.63, 3.8) is 0 Å². The van der Waals surface area contributed by atoms with Gasteiger partial charge in [-0.1, -0.05) is 48.5 Å². The van der Waals surface area contributed by atoms with Crippen molar-refractivity contribution in [3.8, 4) is 0 Å². The number of hydrogen-bond acceptors (Lipinski definition) is 3. The van der Waals surface area contributed by atoms with Crippen molar-refractivity contribution in [3.05, 3.63) is 65.7 Å². The molecule has 5 heteroatoms. The average molecular weight is 378 g/mol. The monoisotopic (exact) mass is 378 g/mol. The fourth-order valence-electron chi connectivity index (χ4n) is 4.17. The molecule has 28 heavy (non-hydrogen) atoms. The van der Waals surface area contributed by atoms with Gasteiger partial charge in [-0.3, -0.25) is 9.59 Å². The first kappa shape index (κ1) is 18.7. The van der Waals surface area contributed by atoms with Crippen molar-refractivity contribution in [2.75, 3.05) is 18.1 Å². The van der Waals surface area contributed by atoms with Gasteiger partial charge in [-0.25, -0.2) is 0 Å². The molecule has 1 saturated carbocycles. The van der Waals surface area contributed by atoms with Crippen molar-refractivity contribution in [2.45, 2.75) is 38.8 Å². The molecular formula is C23H26N2O3. The number of carbonyl (C=O) groups excluding carboxylic acids is 2. The Kier molecular flexibility index (Phi) is 4.94. The first-order valence-corrected chi connectivity index (χ1v) is 9.83. The zero-order chi connectivity index (χ0) is 19.7. The second-order valence-electron chi connectivity index (χ2n) is 8.06. The van der Waals surface area contributed by atoms with Crippen molar-refractivity contribution in [1.82, 2.24) is 5.32 Å². The van der Waals surface area contributed by atoms with Crippen LogP contribution < -0.4 is 10.2 Å². The van der Waals surface area contributed by atoms with Crippen molar-refractivity contribution < 1.29 is 14.3 Å². The molecule has 2 aromatic rings. The molecule has 0 aromatic heterocycles. The van der Waals surface area contributed by atoms with E-state index in [0.717, 1.165) is 23.2 Å². The van der Waals surface area contributed by atoms with E-state index in [0.29, 0.717) is 13.2 Å². The van der Waals surface area contributed by atoms with Crippen LogP contribution in [0.15, 0.2) is 54.6 Å². The number of fused-ring (bicyclic) bond motifs is 3. The number of nitrogens with zero attached hydrogens (tertiary/aromatic N) is 1. The van der Waals surface area contributed by atoms with Gasteiger partial charge in [0.2, 0.25) is 11.8 Å². The summed E-state index contributed by atoms with van der Waals surface area (Å²) in [5.74, 6) is 0.0390. The summed E-state index contributed by atoms with van der Waals surface area (Å²) in [4.78, 5) is 27.4. The Labute approximate surface area is 165 Å². The standard InChI is InChI=1S/C23H26N2O3/c1-16(2)24-21(26)13-25-20-11-7-6-10-18(20)19-12-23(19,22(25)27)15-28-14-17-8-4-3-5-9-17/h3-11,16,19H,12-15H2,1-2H3,(H,24,26)/t19-,23+/m0/s1. The second kappa shape index (κ2) is 7.40. The molecule has 1 fully saturated rings. The van der Waals surface area contributed by atoms with Crippen LogP contribution in [0.4, 0.5) is 5.69 Å². The van der Waals surface area contributed by atoms with Crippen LogP contribution in [-0.2, 0) is 20.9 Å². The van der Waals surface area contributed by atoms with Crippen LogP contribution in [0.2, 0.25) is 0 Å². The first-order valence-electron chi connectivity index (χ1n) is 9.83. The van der Waals surface area contributed by atoms with Gasteiger partial charge in [0.05, 0.1) is 18.6 Å². The molecule has 1 aliphatic heterocycles. The number of carbonyl (C=O) groups is 2. The molecule has 5 nitrogen and oxygen atoms in total. The van der Waals surface area contributed by atoms with Crippen LogP contribution >= 0.6 is 0 Å². The zero-order valence-corrected chi connectivity index (χ0v) is 16.4. The van der Waals surface area contributed by atoms with Gasteiger partial charge in [-0.05, 0) is 37.5 Å². The Bertz CT molecular complexity index is 880. The van der Waals surface area contributed by atoms with Gasteiger partial charge in [0, 0.05) is 17.6 Å². The molecule has 1 aliphatic carbocycles.